The quantitative estimate of drug-likeness (QED) is 0.663. The second kappa shape index (κ2) is 10.0. The van der Waals surface area contributed by atoms with Gasteiger partial charge in [0, 0.05) is 6.92 Å². The average Bonchev–Trinajstić information content (AvgIpc) is 1.65. The maximum Gasteiger partial charge on any atom is 0.300 e. The van der Waals surface area contributed by atoms with Crippen LogP contribution in [0.1, 0.15) is 6.92 Å². The summed E-state index contributed by atoms with van der Waals surface area (Å²) in [6.07, 6.45) is 0. The van der Waals surface area contributed by atoms with Crippen molar-refractivity contribution in [3.05, 3.63) is 10.9 Å². The van der Waals surface area contributed by atoms with Crippen LogP contribution in [0.25, 0.3) is 0 Å². The fraction of sp³-hybridized carbons (Fsp3) is 0.400. The molecule has 0 aliphatic heterocycles. The Hall–Kier alpha value is -0.0497. The van der Waals surface area contributed by atoms with E-state index in [0.717, 1.165) is 26.7 Å². The maximum absolute atomic E-state index is 9.00. The minimum Gasteiger partial charge on any atom is -0.481 e. The Morgan fingerprint density at radius 1 is 1.88 bits per heavy atom. The van der Waals surface area contributed by atoms with E-state index in [-0.39, 0.29) is 0 Å². The van der Waals surface area contributed by atoms with Crippen molar-refractivity contribution in [2.24, 2.45) is 0 Å². The van der Waals surface area contributed by atoms with Crippen molar-refractivity contribution in [1.29, 1.82) is 0 Å². The molecule has 0 aromatic heterocycles. The number of hydrogen-bond acceptors (Lipinski definition) is 1. The molecule has 0 atom stereocenters. The molecule has 0 radical (unpaired) electrons. The van der Waals surface area contributed by atoms with Crippen LogP contribution in [0.4, 0.5) is 0 Å². The van der Waals surface area contributed by atoms with Crippen molar-refractivity contribution < 1.29 is 29.7 Å². The summed E-state index contributed by atoms with van der Waals surface area (Å²) in [4.78, 5) is 9.00. The van der Waals surface area contributed by atoms with E-state index in [2.05, 4.69) is 11.7 Å². The average molecular weight is 210 g/mol. The normalized spacial score (nSPS) is 6.75. The maximum atomic E-state index is 9.00. The van der Waals surface area contributed by atoms with Gasteiger partial charge in [-0.25, -0.2) is 0 Å². The number of aliphatic carboxylic acids is 1. The summed E-state index contributed by atoms with van der Waals surface area (Å²) in [5, 5.41) is 9.51. The minimum absolute atomic E-state index is 0.833. The predicted octanol–water partition coefficient (Wildman–Crippen LogP) is 1.35. The Bertz CT molecular complexity index is 66.8. The Labute approximate surface area is 58.9 Å². The molecule has 0 saturated carbocycles. The Morgan fingerprint density at radius 3 is 2.00 bits per heavy atom. The monoisotopic (exact) mass is 209 g/mol. The van der Waals surface area contributed by atoms with E-state index in [9.17, 15) is 0 Å². The van der Waals surface area contributed by atoms with Crippen LogP contribution in [0, 0.1) is 0 Å². The van der Waals surface area contributed by atoms with Gasteiger partial charge in [0.15, 0.2) is 0 Å². The third kappa shape index (κ3) is 161. The SMILES string of the molecule is C=[CH][Ag][CH3].CC(=O)O. The largest absolute Gasteiger partial charge is 0.481 e. The molecule has 0 spiro atoms. The first-order chi connectivity index (χ1) is 3.65. The zero-order valence-electron chi connectivity index (χ0n) is 4.94. The number of carbonyl (C=O) groups is 1. The van der Waals surface area contributed by atoms with Gasteiger partial charge in [-0.15, -0.1) is 0 Å². The van der Waals surface area contributed by atoms with Gasteiger partial charge in [-0.3, -0.25) is 4.79 Å². The molecule has 0 amide bonds. The first kappa shape index (κ1) is 10.8. The molecule has 0 aliphatic rings. The molecule has 0 aromatic rings. The van der Waals surface area contributed by atoms with Gasteiger partial charge in [0.2, 0.25) is 0 Å². The van der Waals surface area contributed by atoms with Gasteiger partial charge in [-0.2, -0.15) is 0 Å². The van der Waals surface area contributed by atoms with Crippen molar-refractivity contribution >= 4 is 5.97 Å². The van der Waals surface area contributed by atoms with Crippen LogP contribution in [0.5, 0.6) is 0 Å². The van der Waals surface area contributed by atoms with Gasteiger partial charge in [0.25, 0.3) is 5.97 Å². The summed E-state index contributed by atoms with van der Waals surface area (Å²) >= 11 is 0.890. The topological polar surface area (TPSA) is 37.3 Å². The third-order valence-corrected chi connectivity index (χ3v) is 0.728. The van der Waals surface area contributed by atoms with E-state index in [1.807, 2.05) is 4.29 Å². The molecule has 0 bridgehead atoms. The summed E-state index contributed by atoms with van der Waals surface area (Å²) in [6, 6.07) is 0. The second-order valence-corrected chi connectivity index (χ2v) is 2.28. The first-order valence-corrected chi connectivity index (χ1v) is 4.15. The van der Waals surface area contributed by atoms with Gasteiger partial charge >= 0.3 is 35.8 Å². The molecule has 8 heavy (non-hydrogen) atoms. The molecule has 3 heteroatoms. The van der Waals surface area contributed by atoms with Crippen molar-refractivity contribution in [3.8, 4) is 0 Å². The van der Waals surface area contributed by atoms with E-state index in [1.54, 1.807) is 0 Å². The molecule has 1 N–H and O–H groups in total. The molecule has 0 saturated heterocycles. The van der Waals surface area contributed by atoms with Crippen LogP contribution < -0.4 is 0 Å². The summed E-state index contributed by atoms with van der Waals surface area (Å²) in [5.74, 6) is -0.833. The molecule has 2 nitrogen and oxygen atoms in total. The van der Waals surface area contributed by atoms with Gasteiger partial charge < -0.3 is 5.11 Å². The van der Waals surface area contributed by atoms with E-state index < -0.39 is 5.97 Å². The molecular weight excluding hydrogens is 200 g/mol. The molecule has 0 fully saturated rings. The number of carboxylic acids is 1. The molecule has 0 aromatic carbocycles. The summed E-state index contributed by atoms with van der Waals surface area (Å²) in [7, 11) is 0. The van der Waals surface area contributed by atoms with Crippen molar-refractivity contribution in [3.63, 3.8) is 0 Å². The van der Waals surface area contributed by atoms with Gasteiger partial charge in [0.1, 0.15) is 0 Å². The van der Waals surface area contributed by atoms with Crippen LogP contribution >= 0.6 is 0 Å². The molecule has 0 rings (SSSR count). The Balaban J connectivity index is 0. The van der Waals surface area contributed by atoms with Gasteiger partial charge in [-0.05, 0) is 0 Å². The number of hydrogen-bond donors (Lipinski definition) is 1. The van der Waals surface area contributed by atoms with Crippen LogP contribution in [0.3, 0.4) is 0 Å². The minimum atomic E-state index is -0.833. The van der Waals surface area contributed by atoms with E-state index in [0.29, 0.717) is 0 Å². The predicted molar refractivity (Wildman–Crippen MR) is 29.4 cm³/mol. The number of rotatable bonds is 1. The zero-order chi connectivity index (χ0) is 6.99. The molecule has 0 aliphatic carbocycles. The van der Waals surface area contributed by atoms with Gasteiger partial charge in [-0.1, -0.05) is 0 Å². The fourth-order valence-electron chi connectivity index (χ4n) is 0. The molecule has 53 valence electrons. The molecule has 0 unspecified atom stereocenters. The van der Waals surface area contributed by atoms with E-state index >= 15 is 0 Å². The van der Waals surface area contributed by atoms with E-state index in [4.69, 9.17) is 9.90 Å². The van der Waals surface area contributed by atoms with Crippen molar-refractivity contribution in [2.45, 2.75) is 12.1 Å². The summed E-state index contributed by atoms with van der Waals surface area (Å²) in [6.45, 7) is 4.58. The smallest absolute Gasteiger partial charge is 0.300 e. The fourth-order valence-corrected chi connectivity index (χ4v) is 0. The zero-order valence-corrected chi connectivity index (χ0v) is 6.42. The van der Waals surface area contributed by atoms with Crippen LogP contribution in [0.15, 0.2) is 10.9 Å². The number of carboxylic acid groups (broad SMARTS) is 1. The van der Waals surface area contributed by atoms with Crippen LogP contribution in [0.2, 0.25) is 5.14 Å². The Morgan fingerprint density at radius 2 is 2.00 bits per heavy atom. The third-order valence-electron chi connectivity index (χ3n) is 0.123. The molecular formula is C5H10AgO2. The Kier molecular flexibility index (Phi) is 13.6. The van der Waals surface area contributed by atoms with Crippen LogP contribution in [-0.2, 0) is 24.5 Å². The van der Waals surface area contributed by atoms with E-state index in [1.165, 1.54) is 0 Å². The standard InChI is InChI=1S/C2H4O2.C2H3.CH3.Ag/c1-2(3)4;1-2;;/h1H3,(H,3,4);1H,2H2;1H3;. The van der Waals surface area contributed by atoms with Crippen molar-refractivity contribution in [1.82, 2.24) is 0 Å². The first-order valence-electron chi connectivity index (χ1n) is 1.81. The van der Waals surface area contributed by atoms with Crippen LogP contribution in [-0.4, -0.2) is 11.1 Å². The summed E-state index contributed by atoms with van der Waals surface area (Å²) in [5.41, 5.74) is 0. The summed E-state index contributed by atoms with van der Waals surface area (Å²) < 4.78 is 1.90. The van der Waals surface area contributed by atoms with Gasteiger partial charge in [0.05, 0.1) is 0 Å². The second-order valence-electron chi connectivity index (χ2n) is 0.816. The molecule has 0 heterocycles. The van der Waals surface area contributed by atoms with Crippen molar-refractivity contribution in [2.75, 3.05) is 0 Å².